The lowest BCUT2D eigenvalue weighted by atomic mass is 10.1. The summed E-state index contributed by atoms with van der Waals surface area (Å²) in [4.78, 5) is 34.0. The predicted molar refractivity (Wildman–Crippen MR) is 116 cm³/mol. The zero-order valence-electron chi connectivity index (χ0n) is 17.7. The van der Waals surface area contributed by atoms with Crippen molar-refractivity contribution >= 4 is 23.2 Å². The molecule has 0 radical (unpaired) electrons. The van der Waals surface area contributed by atoms with Crippen LogP contribution in [0.2, 0.25) is 0 Å². The Labute approximate surface area is 175 Å². The van der Waals surface area contributed by atoms with Crippen LogP contribution in [0.3, 0.4) is 0 Å². The molecule has 154 valence electrons. The molecule has 3 aromatic rings. The molecule has 0 unspecified atom stereocenters. The number of nitrogens with one attached hydrogen (secondary N) is 2. The number of ether oxygens (including phenoxy) is 1. The average Bonchev–Trinajstić information content (AvgIpc) is 2.73. The number of aromatic nitrogens is 2. The Morgan fingerprint density at radius 1 is 0.700 bits per heavy atom. The third-order valence-electron chi connectivity index (χ3n) is 4.79. The molecule has 0 aliphatic heterocycles. The highest BCUT2D eigenvalue weighted by Gasteiger charge is 2.16. The van der Waals surface area contributed by atoms with Gasteiger partial charge in [0.1, 0.15) is 5.75 Å². The third kappa shape index (κ3) is 4.46. The van der Waals surface area contributed by atoms with Crippen LogP contribution in [0.15, 0.2) is 43.0 Å². The minimum Gasteiger partial charge on any atom is -0.497 e. The molecule has 0 saturated carbocycles. The van der Waals surface area contributed by atoms with Gasteiger partial charge >= 0.3 is 0 Å². The van der Waals surface area contributed by atoms with Gasteiger partial charge in [-0.3, -0.25) is 19.6 Å². The van der Waals surface area contributed by atoms with Crippen LogP contribution in [0.25, 0.3) is 0 Å². The molecule has 2 heterocycles. The largest absolute Gasteiger partial charge is 0.497 e. The van der Waals surface area contributed by atoms with Crippen molar-refractivity contribution in [2.75, 3.05) is 17.7 Å². The number of pyridine rings is 2. The monoisotopic (exact) mass is 404 g/mol. The van der Waals surface area contributed by atoms with Gasteiger partial charge in [0.05, 0.1) is 7.11 Å². The lowest BCUT2D eigenvalue weighted by molar-refractivity contribution is 0.102. The Hall–Kier alpha value is -3.74. The minimum atomic E-state index is -0.336. The lowest BCUT2D eigenvalue weighted by Gasteiger charge is -2.14. The predicted octanol–water partition coefficient (Wildman–Crippen LogP) is 4.22. The smallest absolute Gasteiger partial charge is 0.255 e. The van der Waals surface area contributed by atoms with Crippen LogP contribution in [0.5, 0.6) is 5.75 Å². The van der Waals surface area contributed by atoms with E-state index in [1.54, 1.807) is 43.0 Å². The summed E-state index contributed by atoms with van der Waals surface area (Å²) in [6.07, 6.45) is 6.75. The van der Waals surface area contributed by atoms with Gasteiger partial charge in [-0.05, 0) is 68.1 Å². The van der Waals surface area contributed by atoms with Gasteiger partial charge in [0.2, 0.25) is 0 Å². The first-order valence-corrected chi connectivity index (χ1v) is 9.44. The number of nitrogens with zero attached hydrogens (tertiary/aromatic N) is 2. The molecule has 0 spiro atoms. The molecular weight excluding hydrogens is 380 g/mol. The van der Waals surface area contributed by atoms with Crippen molar-refractivity contribution in [3.8, 4) is 5.75 Å². The fourth-order valence-electron chi connectivity index (χ4n) is 3.15. The van der Waals surface area contributed by atoms with Crippen LogP contribution in [-0.4, -0.2) is 28.9 Å². The second-order valence-corrected chi connectivity index (χ2v) is 7.16. The molecule has 0 aliphatic rings. The van der Waals surface area contributed by atoms with Crippen LogP contribution >= 0.6 is 0 Å². The van der Waals surface area contributed by atoms with Gasteiger partial charge in [-0.25, -0.2) is 0 Å². The number of anilines is 2. The molecule has 0 fully saturated rings. The lowest BCUT2D eigenvalue weighted by Crippen LogP contribution is -2.17. The maximum Gasteiger partial charge on any atom is 0.255 e. The summed E-state index contributed by atoms with van der Waals surface area (Å²) in [5.41, 5.74) is 5.46. The number of carbonyl (C=O) groups excluding carboxylic acids is 2. The second kappa shape index (κ2) is 8.73. The van der Waals surface area contributed by atoms with Crippen molar-refractivity contribution < 1.29 is 14.3 Å². The van der Waals surface area contributed by atoms with Crippen LogP contribution in [0.4, 0.5) is 11.4 Å². The van der Waals surface area contributed by atoms with E-state index >= 15 is 0 Å². The zero-order valence-corrected chi connectivity index (χ0v) is 17.7. The van der Waals surface area contributed by atoms with Gasteiger partial charge in [-0.2, -0.15) is 0 Å². The molecule has 3 rings (SSSR count). The van der Waals surface area contributed by atoms with Crippen LogP contribution in [0.1, 0.15) is 43.0 Å². The van der Waals surface area contributed by atoms with E-state index in [-0.39, 0.29) is 11.8 Å². The van der Waals surface area contributed by atoms with E-state index in [1.165, 1.54) is 7.11 Å². The Kier molecular flexibility index (Phi) is 6.11. The molecule has 0 atom stereocenters. The van der Waals surface area contributed by atoms with Crippen LogP contribution < -0.4 is 15.4 Å². The molecule has 2 aromatic heterocycles. The summed E-state index contributed by atoms with van der Waals surface area (Å²) in [5.74, 6) is -0.257. The Bertz CT molecular complexity index is 1000. The molecule has 30 heavy (non-hydrogen) atoms. The molecular formula is C23H24N4O3. The van der Waals surface area contributed by atoms with Crippen LogP contribution in [0, 0.1) is 27.7 Å². The molecule has 7 nitrogen and oxygen atoms in total. The molecule has 0 saturated heterocycles. The van der Waals surface area contributed by atoms with Crippen molar-refractivity contribution in [2.24, 2.45) is 0 Å². The van der Waals surface area contributed by atoms with Gasteiger partial charge in [0, 0.05) is 47.3 Å². The van der Waals surface area contributed by atoms with E-state index in [4.69, 9.17) is 4.74 Å². The summed E-state index contributed by atoms with van der Waals surface area (Å²) >= 11 is 0. The number of aryl methyl sites for hydroxylation is 4. The molecule has 2 N–H and O–H groups in total. The Morgan fingerprint density at radius 2 is 1.07 bits per heavy atom. The molecule has 0 bridgehead atoms. The van der Waals surface area contributed by atoms with E-state index in [1.807, 2.05) is 27.7 Å². The topological polar surface area (TPSA) is 93.2 Å². The van der Waals surface area contributed by atoms with Crippen LogP contribution in [-0.2, 0) is 0 Å². The summed E-state index contributed by atoms with van der Waals surface area (Å²) in [7, 11) is 1.49. The summed E-state index contributed by atoms with van der Waals surface area (Å²) in [6, 6.07) is 4.74. The highest BCUT2D eigenvalue weighted by Crippen LogP contribution is 2.24. The van der Waals surface area contributed by atoms with Crippen molar-refractivity contribution in [3.05, 3.63) is 76.4 Å². The van der Waals surface area contributed by atoms with E-state index in [0.717, 1.165) is 22.3 Å². The van der Waals surface area contributed by atoms with Crippen molar-refractivity contribution in [1.29, 1.82) is 0 Å². The number of amides is 2. The number of rotatable bonds is 5. The summed E-state index contributed by atoms with van der Waals surface area (Å²) in [5, 5.41) is 5.81. The maximum atomic E-state index is 12.9. The fraction of sp³-hybridized carbons (Fsp3) is 0.217. The van der Waals surface area contributed by atoms with Gasteiger partial charge in [-0.15, -0.1) is 0 Å². The number of hydrogen-bond donors (Lipinski definition) is 2. The van der Waals surface area contributed by atoms with E-state index in [0.29, 0.717) is 28.3 Å². The van der Waals surface area contributed by atoms with E-state index in [9.17, 15) is 9.59 Å². The molecule has 0 aliphatic carbocycles. The molecule has 7 heteroatoms. The van der Waals surface area contributed by atoms with Gasteiger partial charge in [0.15, 0.2) is 0 Å². The first-order valence-electron chi connectivity index (χ1n) is 9.44. The second-order valence-electron chi connectivity index (χ2n) is 7.16. The Morgan fingerprint density at radius 3 is 1.40 bits per heavy atom. The fourth-order valence-corrected chi connectivity index (χ4v) is 3.15. The average molecular weight is 404 g/mol. The summed E-state index contributed by atoms with van der Waals surface area (Å²) < 4.78 is 5.31. The summed E-state index contributed by atoms with van der Waals surface area (Å²) in [6.45, 7) is 7.50. The number of hydrogen-bond acceptors (Lipinski definition) is 5. The highest BCUT2D eigenvalue weighted by molar-refractivity contribution is 6.09. The zero-order chi connectivity index (χ0) is 21.8. The minimum absolute atomic E-state index is 0.318. The van der Waals surface area contributed by atoms with E-state index < -0.39 is 0 Å². The normalized spacial score (nSPS) is 10.4. The van der Waals surface area contributed by atoms with Crippen molar-refractivity contribution in [2.45, 2.75) is 27.7 Å². The van der Waals surface area contributed by atoms with Gasteiger partial charge < -0.3 is 15.4 Å². The molecule has 2 amide bonds. The van der Waals surface area contributed by atoms with Crippen molar-refractivity contribution in [1.82, 2.24) is 9.97 Å². The van der Waals surface area contributed by atoms with Gasteiger partial charge in [0.25, 0.3) is 11.8 Å². The Balaban J connectivity index is 1.91. The quantitative estimate of drug-likeness (QED) is 0.664. The number of carbonyl (C=O) groups is 2. The number of methoxy groups -OCH3 is 1. The first-order chi connectivity index (χ1) is 14.3. The number of benzene rings is 1. The molecule has 1 aromatic carbocycles. The van der Waals surface area contributed by atoms with Crippen molar-refractivity contribution in [3.63, 3.8) is 0 Å². The highest BCUT2D eigenvalue weighted by atomic mass is 16.5. The van der Waals surface area contributed by atoms with E-state index in [2.05, 4.69) is 20.6 Å². The standard InChI is InChI=1S/C23H24N4O3/c1-13-9-24-10-14(2)20(13)26-22(28)17-6-18(8-19(7-17)30-5)23(29)27-21-15(3)11-25-12-16(21)4/h6-12H,1-5H3,(H,24,26,28)(H,25,27,29). The SMILES string of the molecule is COc1cc(C(=O)Nc2c(C)cncc2C)cc(C(=O)Nc2c(C)cncc2C)c1. The maximum absolute atomic E-state index is 12.9. The third-order valence-corrected chi connectivity index (χ3v) is 4.79. The van der Waals surface area contributed by atoms with Gasteiger partial charge in [-0.1, -0.05) is 0 Å². The first kappa shape index (κ1) is 21.0.